The minimum atomic E-state index is -3.63. The molecule has 4 aromatic rings. The lowest BCUT2D eigenvalue weighted by atomic mass is 10.0. The van der Waals surface area contributed by atoms with Crippen molar-refractivity contribution in [3.05, 3.63) is 65.7 Å². The Kier molecular flexibility index (Phi) is 7.73. The number of aryl methyl sites for hydroxylation is 1. The van der Waals surface area contributed by atoms with Gasteiger partial charge in [-0.05, 0) is 71.0 Å². The maximum absolute atomic E-state index is 14.6. The lowest BCUT2D eigenvalue weighted by Crippen LogP contribution is -2.29. The van der Waals surface area contributed by atoms with Gasteiger partial charge in [0.05, 0.1) is 38.9 Å². The number of sulfone groups is 1. The Hall–Kier alpha value is -3.54. The lowest BCUT2D eigenvalue weighted by Gasteiger charge is -2.22. The molecule has 0 aliphatic rings. The lowest BCUT2D eigenvalue weighted by molar-refractivity contribution is 0.0710. The summed E-state index contributed by atoms with van der Waals surface area (Å²) in [6, 6.07) is 11.1. The summed E-state index contributed by atoms with van der Waals surface area (Å²) in [7, 11) is -1.84. The van der Waals surface area contributed by atoms with E-state index in [1.54, 1.807) is 65.2 Å². The molecule has 4 rings (SSSR count). The van der Waals surface area contributed by atoms with E-state index in [-0.39, 0.29) is 28.7 Å². The molecule has 9 nitrogen and oxygen atoms in total. The Balaban J connectivity index is 1.61. The van der Waals surface area contributed by atoms with Crippen molar-refractivity contribution in [3.8, 4) is 34.3 Å². The Bertz CT molecular complexity index is 1550. The van der Waals surface area contributed by atoms with Crippen molar-refractivity contribution < 1.29 is 22.3 Å². The molecule has 0 aliphatic heterocycles. The highest BCUT2D eigenvalue weighted by Crippen LogP contribution is 2.29. The number of nitrogens with zero attached hydrogens (tertiary/aromatic N) is 4. The smallest absolute Gasteiger partial charge is 0.268 e. The molecule has 2 N–H and O–H groups in total. The number of aromatic nitrogens is 4. The number of hydrogen-bond donors (Lipinski definition) is 2. The topological polar surface area (TPSA) is 131 Å². The van der Waals surface area contributed by atoms with Crippen LogP contribution >= 0.6 is 0 Å². The Morgan fingerprint density at radius 2 is 1.79 bits per heavy atom. The first kappa shape index (κ1) is 27.5. The van der Waals surface area contributed by atoms with E-state index >= 15 is 0 Å². The maximum Gasteiger partial charge on any atom is 0.268 e. The molecule has 0 fully saturated rings. The minimum Gasteiger partial charge on any atom is -0.414 e. The molecule has 2 heterocycles. The summed E-state index contributed by atoms with van der Waals surface area (Å²) < 4.78 is 46.3. The van der Waals surface area contributed by atoms with Gasteiger partial charge >= 0.3 is 0 Å². The predicted octanol–water partition coefficient (Wildman–Crippen LogP) is 4.35. The molecule has 0 spiro atoms. The summed E-state index contributed by atoms with van der Waals surface area (Å²) in [6.07, 6.45) is 1.68. The first-order chi connectivity index (χ1) is 17.9. The van der Waals surface area contributed by atoms with E-state index in [0.29, 0.717) is 29.2 Å². The zero-order chi connectivity index (χ0) is 27.7. The second-order valence-electron chi connectivity index (χ2n) is 9.84. The molecule has 0 radical (unpaired) electrons. The van der Waals surface area contributed by atoms with Crippen molar-refractivity contribution in [2.45, 2.75) is 56.4 Å². The van der Waals surface area contributed by atoms with Gasteiger partial charge in [0.15, 0.2) is 9.84 Å². The molecule has 11 heteroatoms. The van der Waals surface area contributed by atoms with E-state index in [9.17, 15) is 17.9 Å². The van der Waals surface area contributed by atoms with Crippen molar-refractivity contribution in [2.75, 3.05) is 7.05 Å². The van der Waals surface area contributed by atoms with Crippen LogP contribution < -0.4 is 5.32 Å². The Morgan fingerprint density at radius 3 is 2.42 bits per heavy atom. The third kappa shape index (κ3) is 5.95. The summed E-state index contributed by atoms with van der Waals surface area (Å²) in [4.78, 5) is 9.15. The quantitative estimate of drug-likeness (QED) is 0.319. The van der Waals surface area contributed by atoms with E-state index in [2.05, 4.69) is 25.5 Å². The van der Waals surface area contributed by atoms with Gasteiger partial charge in [-0.2, -0.15) is 0 Å². The first-order valence-electron chi connectivity index (χ1n) is 12.1. The zero-order valence-electron chi connectivity index (χ0n) is 21.9. The summed E-state index contributed by atoms with van der Waals surface area (Å²) in [6.45, 7) is 7.02. The summed E-state index contributed by atoms with van der Waals surface area (Å²) >= 11 is 0. The van der Waals surface area contributed by atoms with Gasteiger partial charge in [-0.25, -0.2) is 17.8 Å². The standard InChI is InChI=1S/C27H30FN5O4S/c1-16(13-27(3,4)34)38(35,36)20-9-7-19(8-10-20)23-15-30-17(2)24(31-23)26-33-32-25(37-26)21-11-6-18(14-29-5)12-22(21)28/h6-12,15-16,29,34H,13-14H2,1-5H3. The fraction of sp³-hybridized carbons (Fsp3) is 0.333. The molecule has 0 amide bonds. The van der Waals surface area contributed by atoms with Crippen LogP contribution in [0, 0.1) is 12.7 Å². The van der Waals surface area contributed by atoms with Crippen molar-refractivity contribution in [1.82, 2.24) is 25.5 Å². The summed E-state index contributed by atoms with van der Waals surface area (Å²) in [5.41, 5.74) is 1.85. The van der Waals surface area contributed by atoms with Crippen molar-refractivity contribution in [1.29, 1.82) is 0 Å². The highest BCUT2D eigenvalue weighted by Gasteiger charge is 2.29. The van der Waals surface area contributed by atoms with Gasteiger partial charge in [0, 0.05) is 12.1 Å². The van der Waals surface area contributed by atoms with Gasteiger partial charge in [0.1, 0.15) is 11.5 Å². The fourth-order valence-corrected chi connectivity index (χ4v) is 5.73. The molecule has 1 atom stereocenters. The second-order valence-corrected chi connectivity index (χ2v) is 12.2. The average molecular weight is 540 g/mol. The Labute approximate surface area is 221 Å². The van der Waals surface area contributed by atoms with Gasteiger partial charge < -0.3 is 14.8 Å². The van der Waals surface area contributed by atoms with E-state index in [1.165, 1.54) is 18.2 Å². The molecule has 200 valence electrons. The molecular weight excluding hydrogens is 509 g/mol. The van der Waals surface area contributed by atoms with Crippen LogP contribution in [0.5, 0.6) is 0 Å². The van der Waals surface area contributed by atoms with Crippen molar-refractivity contribution in [2.24, 2.45) is 0 Å². The number of nitrogens with one attached hydrogen (secondary N) is 1. The van der Waals surface area contributed by atoms with Crippen LogP contribution in [0.15, 0.2) is 58.0 Å². The third-order valence-corrected chi connectivity index (χ3v) is 8.18. The molecule has 0 saturated carbocycles. The highest BCUT2D eigenvalue weighted by atomic mass is 32.2. The molecular formula is C27H30FN5O4S. The fourth-order valence-electron chi connectivity index (χ4n) is 4.13. The Morgan fingerprint density at radius 1 is 1.11 bits per heavy atom. The number of benzene rings is 2. The molecule has 0 bridgehead atoms. The van der Waals surface area contributed by atoms with Gasteiger partial charge in [-0.1, -0.05) is 18.2 Å². The van der Waals surface area contributed by atoms with Crippen molar-refractivity contribution >= 4 is 9.84 Å². The van der Waals surface area contributed by atoms with Crippen LogP contribution in [0.25, 0.3) is 34.3 Å². The first-order valence-corrected chi connectivity index (χ1v) is 13.6. The van der Waals surface area contributed by atoms with E-state index in [1.807, 2.05) is 0 Å². The van der Waals surface area contributed by atoms with Gasteiger partial charge in [0.25, 0.3) is 11.8 Å². The SMILES string of the molecule is CNCc1ccc(-c2nnc(-c3nc(-c4ccc(S(=O)(=O)C(C)CC(C)(C)O)cc4)cnc3C)o2)c(F)c1. The predicted molar refractivity (Wildman–Crippen MR) is 141 cm³/mol. The van der Waals surface area contributed by atoms with Crippen LogP contribution in [0.1, 0.15) is 38.4 Å². The van der Waals surface area contributed by atoms with Gasteiger partial charge in [0.2, 0.25) is 0 Å². The third-order valence-electron chi connectivity index (χ3n) is 6.02. The van der Waals surface area contributed by atoms with E-state index in [4.69, 9.17) is 4.42 Å². The van der Waals surface area contributed by atoms with E-state index in [0.717, 1.165) is 5.56 Å². The molecule has 2 aromatic heterocycles. The molecule has 38 heavy (non-hydrogen) atoms. The van der Waals surface area contributed by atoms with E-state index < -0.39 is 26.5 Å². The van der Waals surface area contributed by atoms with Crippen LogP contribution in [0.3, 0.4) is 0 Å². The molecule has 0 aliphatic carbocycles. The second kappa shape index (κ2) is 10.7. The molecule has 1 unspecified atom stereocenters. The normalized spacial score (nSPS) is 13.0. The number of rotatable bonds is 9. The van der Waals surface area contributed by atoms with Crippen molar-refractivity contribution in [3.63, 3.8) is 0 Å². The highest BCUT2D eigenvalue weighted by molar-refractivity contribution is 7.92. The number of hydrogen-bond acceptors (Lipinski definition) is 9. The molecule has 0 saturated heterocycles. The number of aliphatic hydroxyl groups is 1. The molecule has 2 aromatic carbocycles. The summed E-state index contributed by atoms with van der Waals surface area (Å²) in [5, 5.41) is 20.3. The van der Waals surface area contributed by atoms with Crippen LogP contribution in [0.4, 0.5) is 4.39 Å². The zero-order valence-corrected chi connectivity index (χ0v) is 22.7. The van der Waals surface area contributed by atoms with Crippen LogP contribution in [-0.2, 0) is 16.4 Å². The van der Waals surface area contributed by atoms with Gasteiger partial charge in [-0.3, -0.25) is 4.98 Å². The maximum atomic E-state index is 14.6. The largest absolute Gasteiger partial charge is 0.414 e. The number of halogens is 1. The van der Waals surface area contributed by atoms with Crippen LogP contribution in [-0.4, -0.2) is 51.6 Å². The van der Waals surface area contributed by atoms with Gasteiger partial charge in [-0.15, -0.1) is 10.2 Å². The summed E-state index contributed by atoms with van der Waals surface area (Å²) in [5.74, 6) is -0.364. The monoisotopic (exact) mass is 539 g/mol. The van der Waals surface area contributed by atoms with Crippen LogP contribution in [0.2, 0.25) is 0 Å². The minimum absolute atomic E-state index is 0.0230. The average Bonchev–Trinajstić information content (AvgIpc) is 3.33.